The Morgan fingerprint density at radius 3 is 2.68 bits per heavy atom. The highest BCUT2D eigenvalue weighted by molar-refractivity contribution is 5.27. The van der Waals surface area contributed by atoms with Gasteiger partial charge in [-0.3, -0.25) is 0 Å². The summed E-state index contributed by atoms with van der Waals surface area (Å²) in [6.45, 7) is 3.73. The molecule has 0 spiro atoms. The maximum Gasteiger partial charge on any atom is 0.119 e. The SMILES string of the molecule is [2H]C([2H])(OCCc1ccc(OCC(O)CNC(C)C)cc1)C1CC1. The molecule has 4 nitrogen and oxygen atoms in total. The molecule has 1 aromatic carbocycles. The van der Waals surface area contributed by atoms with E-state index in [4.69, 9.17) is 12.2 Å². The van der Waals surface area contributed by atoms with Crippen molar-refractivity contribution in [2.75, 3.05) is 26.3 Å². The number of aliphatic hydroxyl groups excluding tert-OH is 1. The van der Waals surface area contributed by atoms with Crippen LogP contribution < -0.4 is 10.1 Å². The Balaban J connectivity index is 1.66. The Morgan fingerprint density at radius 2 is 2.05 bits per heavy atom. The Labute approximate surface area is 136 Å². The molecule has 0 saturated heterocycles. The lowest BCUT2D eigenvalue weighted by Gasteiger charge is -2.15. The Bertz CT molecular complexity index is 490. The second kappa shape index (κ2) is 9.13. The van der Waals surface area contributed by atoms with E-state index in [2.05, 4.69) is 5.32 Å². The van der Waals surface area contributed by atoms with Crippen molar-refractivity contribution in [2.24, 2.45) is 5.92 Å². The van der Waals surface area contributed by atoms with Crippen LogP contribution in [-0.2, 0) is 11.2 Å². The normalized spacial score (nSPS) is 18.0. The van der Waals surface area contributed by atoms with E-state index in [0.717, 1.165) is 24.2 Å². The molecule has 1 aliphatic carbocycles. The maximum absolute atomic E-state index is 9.82. The van der Waals surface area contributed by atoms with Crippen LogP contribution in [-0.4, -0.2) is 43.6 Å². The number of ether oxygens (including phenoxy) is 2. The zero-order valence-electron chi connectivity index (χ0n) is 15.5. The molecule has 1 aliphatic rings. The molecule has 0 radical (unpaired) electrons. The fraction of sp³-hybridized carbons (Fsp3) is 0.667. The van der Waals surface area contributed by atoms with Gasteiger partial charge in [-0.25, -0.2) is 0 Å². The summed E-state index contributed by atoms with van der Waals surface area (Å²) in [7, 11) is 0. The maximum atomic E-state index is 9.82. The van der Waals surface area contributed by atoms with Crippen molar-refractivity contribution in [3.05, 3.63) is 29.8 Å². The first-order valence-electron chi connectivity index (χ1n) is 9.14. The van der Waals surface area contributed by atoms with Crippen molar-refractivity contribution in [3.63, 3.8) is 0 Å². The van der Waals surface area contributed by atoms with Crippen LogP contribution in [0.15, 0.2) is 24.3 Å². The summed E-state index contributed by atoms with van der Waals surface area (Å²) in [5.74, 6) is 0.793. The quantitative estimate of drug-likeness (QED) is 0.659. The fourth-order valence-corrected chi connectivity index (χ4v) is 1.92. The third-order valence-electron chi connectivity index (χ3n) is 3.45. The molecule has 0 heterocycles. The van der Waals surface area contributed by atoms with Gasteiger partial charge in [-0.1, -0.05) is 26.0 Å². The van der Waals surface area contributed by atoms with Gasteiger partial charge in [0.2, 0.25) is 0 Å². The van der Waals surface area contributed by atoms with E-state index in [0.29, 0.717) is 25.6 Å². The zero-order valence-corrected chi connectivity index (χ0v) is 13.5. The van der Waals surface area contributed by atoms with Crippen molar-refractivity contribution in [2.45, 2.75) is 45.3 Å². The molecular formula is C18H29NO3. The molecule has 2 rings (SSSR count). The topological polar surface area (TPSA) is 50.7 Å². The van der Waals surface area contributed by atoms with Crippen LogP contribution in [0.25, 0.3) is 0 Å². The molecule has 0 bridgehead atoms. The van der Waals surface area contributed by atoms with E-state index >= 15 is 0 Å². The standard InChI is InChI=1S/C18H29NO3/c1-14(2)19-11-17(20)13-22-18-7-5-15(6-8-18)9-10-21-12-16-3-4-16/h5-8,14,16-17,19-20H,3-4,9-13H2,1-2H3/i12D2. The van der Waals surface area contributed by atoms with Crippen LogP contribution >= 0.6 is 0 Å². The van der Waals surface area contributed by atoms with Gasteiger partial charge in [-0.05, 0) is 42.9 Å². The minimum absolute atomic E-state index is 0.0740. The van der Waals surface area contributed by atoms with E-state index in [1.165, 1.54) is 0 Å². The van der Waals surface area contributed by atoms with Gasteiger partial charge in [0, 0.05) is 19.1 Å². The second-order valence-corrected chi connectivity index (χ2v) is 6.16. The van der Waals surface area contributed by atoms with E-state index in [1.807, 2.05) is 38.1 Å². The molecule has 22 heavy (non-hydrogen) atoms. The van der Waals surface area contributed by atoms with Crippen LogP contribution in [0.1, 0.15) is 35.0 Å². The smallest absolute Gasteiger partial charge is 0.119 e. The average Bonchev–Trinajstić information content (AvgIpc) is 3.37. The van der Waals surface area contributed by atoms with Crippen LogP contribution in [0.3, 0.4) is 0 Å². The van der Waals surface area contributed by atoms with Crippen molar-refractivity contribution in [1.82, 2.24) is 5.32 Å². The van der Waals surface area contributed by atoms with Crippen LogP contribution in [0.5, 0.6) is 5.75 Å². The largest absolute Gasteiger partial charge is 0.491 e. The second-order valence-electron chi connectivity index (χ2n) is 6.16. The zero-order chi connectivity index (χ0) is 17.6. The molecule has 4 heteroatoms. The molecule has 0 aromatic heterocycles. The summed E-state index contributed by atoms with van der Waals surface area (Å²) < 4.78 is 26.5. The molecular weight excluding hydrogens is 278 g/mol. The van der Waals surface area contributed by atoms with Crippen LogP contribution in [0.2, 0.25) is 0 Å². The first kappa shape index (κ1) is 14.5. The van der Waals surface area contributed by atoms with Crippen LogP contribution in [0, 0.1) is 5.92 Å². The molecule has 1 fully saturated rings. The predicted octanol–water partition coefficient (Wildman–Crippen LogP) is 2.39. The highest BCUT2D eigenvalue weighted by Crippen LogP contribution is 2.28. The van der Waals surface area contributed by atoms with Crippen molar-refractivity contribution < 1.29 is 17.3 Å². The highest BCUT2D eigenvalue weighted by Gasteiger charge is 2.20. The molecule has 1 atom stereocenters. The van der Waals surface area contributed by atoms with Gasteiger partial charge in [0.15, 0.2) is 0 Å². The van der Waals surface area contributed by atoms with Crippen molar-refractivity contribution in [3.8, 4) is 5.75 Å². The van der Waals surface area contributed by atoms with E-state index in [1.54, 1.807) is 0 Å². The summed E-state index contributed by atoms with van der Waals surface area (Å²) in [4.78, 5) is 0. The Hall–Kier alpha value is -1.10. The fourth-order valence-electron chi connectivity index (χ4n) is 1.92. The Kier molecular flexibility index (Phi) is 6.01. The first-order chi connectivity index (χ1) is 11.4. The molecule has 2 N–H and O–H groups in total. The molecule has 0 amide bonds. The number of rotatable bonds is 11. The average molecular weight is 309 g/mol. The molecule has 124 valence electrons. The lowest BCUT2D eigenvalue weighted by atomic mass is 10.1. The third-order valence-corrected chi connectivity index (χ3v) is 3.45. The summed E-state index contributed by atoms with van der Waals surface area (Å²) in [6.07, 6.45) is 1.99. The molecule has 0 aliphatic heterocycles. The van der Waals surface area contributed by atoms with Crippen molar-refractivity contribution >= 4 is 0 Å². The summed E-state index contributed by atoms with van der Waals surface area (Å²) >= 11 is 0. The van der Waals surface area contributed by atoms with Gasteiger partial charge < -0.3 is 19.9 Å². The minimum Gasteiger partial charge on any atom is -0.491 e. The monoisotopic (exact) mass is 309 g/mol. The van der Waals surface area contributed by atoms with Gasteiger partial charge in [0.1, 0.15) is 18.5 Å². The number of hydrogen-bond acceptors (Lipinski definition) is 4. The summed E-state index contributed by atoms with van der Waals surface area (Å²) in [6, 6.07) is 7.97. The molecule has 1 saturated carbocycles. The molecule has 1 aromatic rings. The lowest BCUT2D eigenvalue weighted by molar-refractivity contribution is 0.104. The first-order valence-corrected chi connectivity index (χ1v) is 8.14. The van der Waals surface area contributed by atoms with Gasteiger partial charge in [0.05, 0.1) is 9.35 Å². The number of hydrogen-bond donors (Lipinski definition) is 2. The predicted molar refractivity (Wildman–Crippen MR) is 88.3 cm³/mol. The minimum atomic E-state index is -1.48. The lowest BCUT2D eigenvalue weighted by Crippen LogP contribution is -2.35. The van der Waals surface area contributed by atoms with Gasteiger partial charge in [-0.2, -0.15) is 0 Å². The summed E-state index contributed by atoms with van der Waals surface area (Å²) in [5.41, 5.74) is 1.08. The Morgan fingerprint density at radius 1 is 1.32 bits per heavy atom. The van der Waals surface area contributed by atoms with Crippen LogP contribution in [0.4, 0.5) is 0 Å². The van der Waals surface area contributed by atoms with E-state index < -0.39 is 12.7 Å². The van der Waals surface area contributed by atoms with E-state index in [-0.39, 0.29) is 12.5 Å². The van der Waals surface area contributed by atoms with Gasteiger partial charge in [-0.15, -0.1) is 0 Å². The summed E-state index contributed by atoms with van der Waals surface area (Å²) in [5, 5.41) is 13.0. The third kappa shape index (κ3) is 7.25. The number of benzene rings is 1. The highest BCUT2D eigenvalue weighted by atomic mass is 16.5. The number of nitrogens with one attached hydrogen (secondary N) is 1. The van der Waals surface area contributed by atoms with E-state index in [9.17, 15) is 5.11 Å². The van der Waals surface area contributed by atoms with Crippen molar-refractivity contribution in [1.29, 1.82) is 0 Å². The number of aliphatic hydroxyl groups is 1. The van der Waals surface area contributed by atoms with Gasteiger partial charge >= 0.3 is 0 Å². The van der Waals surface area contributed by atoms with Gasteiger partial charge in [0.25, 0.3) is 0 Å². The molecule has 1 unspecified atom stereocenters.